The maximum Gasteiger partial charge on any atom is 0.305 e. The standard InChI is InChI=1S/C9H10ClFO2S/c1-7(14(11,12)13)5-8-3-2-4-9(10)6-8/h2-4,6-7H,5H2,1H3. The predicted octanol–water partition coefficient (Wildman–Crippen LogP) is 2.57. The summed E-state index contributed by atoms with van der Waals surface area (Å²) in [6.45, 7) is 1.33. The van der Waals surface area contributed by atoms with Gasteiger partial charge in [-0.1, -0.05) is 23.7 Å². The second kappa shape index (κ2) is 4.28. The average molecular weight is 237 g/mol. The van der Waals surface area contributed by atoms with E-state index in [1.54, 1.807) is 24.3 Å². The lowest BCUT2D eigenvalue weighted by Gasteiger charge is -2.06. The van der Waals surface area contributed by atoms with Crippen molar-refractivity contribution in [2.75, 3.05) is 0 Å². The first kappa shape index (κ1) is 11.5. The summed E-state index contributed by atoms with van der Waals surface area (Å²) in [5.74, 6) is 0. The van der Waals surface area contributed by atoms with Gasteiger partial charge in [0.25, 0.3) is 0 Å². The third kappa shape index (κ3) is 3.27. The van der Waals surface area contributed by atoms with Crippen LogP contribution < -0.4 is 0 Å². The lowest BCUT2D eigenvalue weighted by atomic mass is 10.1. The normalized spacial score (nSPS) is 13.9. The molecule has 0 heterocycles. The maximum atomic E-state index is 12.5. The molecule has 0 saturated carbocycles. The van der Waals surface area contributed by atoms with Crippen molar-refractivity contribution in [3.05, 3.63) is 34.9 Å². The van der Waals surface area contributed by atoms with Gasteiger partial charge in [0.2, 0.25) is 0 Å². The van der Waals surface area contributed by atoms with Crippen LogP contribution in [0.1, 0.15) is 12.5 Å². The summed E-state index contributed by atoms with van der Waals surface area (Å²) >= 11 is 5.70. The van der Waals surface area contributed by atoms with E-state index >= 15 is 0 Å². The van der Waals surface area contributed by atoms with Crippen molar-refractivity contribution in [1.82, 2.24) is 0 Å². The van der Waals surface area contributed by atoms with Crippen LogP contribution in [0.25, 0.3) is 0 Å². The molecule has 0 aliphatic heterocycles. The average Bonchev–Trinajstić information content (AvgIpc) is 2.02. The van der Waals surface area contributed by atoms with Crippen LogP contribution in [0.5, 0.6) is 0 Å². The lowest BCUT2D eigenvalue weighted by Crippen LogP contribution is -2.15. The molecule has 1 unspecified atom stereocenters. The van der Waals surface area contributed by atoms with Crippen molar-refractivity contribution in [2.45, 2.75) is 18.6 Å². The van der Waals surface area contributed by atoms with Crippen LogP contribution in [0.2, 0.25) is 5.02 Å². The van der Waals surface area contributed by atoms with Crippen molar-refractivity contribution in [3.63, 3.8) is 0 Å². The Morgan fingerprint density at radius 1 is 1.50 bits per heavy atom. The van der Waals surface area contributed by atoms with E-state index in [4.69, 9.17) is 11.6 Å². The van der Waals surface area contributed by atoms with Gasteiger partial charge in [-0.15, -0.1) is 3.89 Å². The van der Waals surface area contributed by atoms with E-state index in [2.05, 4.69) is 0 Å². The molecule has 0 fully saturated rings. The molecule has 1 aromatic rings. The van der Waals surface area contributed by atoms with Crippen molar-refractivity contribution in [1.29, 1.82) is 0 Å². The van der Waals surface area contributed by atoms with Gasteiger partial charge in [0.1, 0.15) is 0 Å². The third-order valence-electron chi connectivity index (χ3n) is 1.89. The highest BCUT2D eigenvalue weighted by molar-refractivity contribution is 7.87. The first-order chi connectivity index (χ1) is 6.39. The molecule has 0 aromatic heterocycles. The number of halogens is 2. The summed E-state index contributed by atoms with van der Waals surface area (Å²) in [6.07, 6.45) is 0.138. The van der Waals surface area contributed by atoms with Gasteiger partial charge in [-0.3, -0.25) is 0 Å². The molecule has 0 radical (unpaired) electrons. The fraction of sp³-hybridized carbons (Fsp3) is 0.333. The second-order valence-corrected chi connectivity index (χ2v) is 5.31. The van der Waals surface area contributed by atoms with Crippen LogP contribution in [-0.2, 0) is 16.6 Å². The highest BCUT2D eigenvalue weighted by Gasteiger charge is 2.19. The first-order valence-electron chi connectivity index (χ1n) is 4.07. The van der Waals surface area contributed by atoms with Gasteiger partial charge in [0, 0.05) is 5.02 Å². The minimum Gasteiger partial charge on any atom is -0.195 e. The smallest absolute Gasteiger partial charge is 0.195 e. The van der Waals surface area contributed by atoms with E-state index in [-0.39, 0.29) is 6.42 Å². The quantitative estimate of drug-likeness (QED) is 0.756. The molecule has 5 heteroatoms. The van der Waals surface area contributed by atoms with Crippen LogP contribution in [0, 0.1) is 0 Å². The van der Waals surface area contributed by atoms with Crippen LogP contribution in [0.4, 0.5) is 3.89 Å². The zero-order chi connectivity index (χ0) is 10.8. The molecule has 0 aliphatic carbocycles. The van der Waals surface area contributed by atoms with E-state index in [9.17, 15) is 12.3 Å². The molecule has 0 amide bonds. The molecule has 1 aromatic carbocycles. The van der Waals surface area contributed by atoms with Crippen LogP contribution in [-0.4, -0.2) is 13.7 Å². The Hall–Kier alpha value is -0.610. The van der Waals surface area contributed by atoms with E-state index in [0.29, 0.717) is 10.6 Å². The highest BCUT2D eigenvalue weighted by Crippen LogP contribution is 2.15. The van der Waals surface area contributed by atoms with Crippen molar-refractivity contribution >= 4 is 21.8 Å². The van der Waals surface area contributed by atoms with Crippen LogP contribution in [0.15, 0.2) is 24.3 Å². The summed E-state index contributed by atoms with van der Waals surface area (Å²) in [6, 6.07) is 6.73. The molecule has 0 spiro atoms. The molecule has 2 nitrogen and oxygen atoms in total. The van der Waals surface area contributed by atoms with Gasteiger partial charge < -0.3 is 0 Å². The van der Waals surface area contributed by atoms with Gasteiger partial charge in [0.15, 0.2) is 0 Å². The SMILES string of the molecule is CC(Cc1cccc(Cl)c1)S(=O)(=O)F. The number of hydrogen-bond donors (Lipinski definition) is 0. The number of rotatable bonds is 3. The Balaban J connectivity index is 2.80. The Morgan fingerprint density at radius 2 is 2.14 bits per heavy atom. The van der Waals surface area contributed by atoms with Gasteiger partial charge in [-0.2, -0.15) is 8.42 Å². The van der Waals surface area contributed by atoms with E-state index in [0.717, 1.165) is 0 Å². The minimum atomic E-state index is -4.46. The molecule has 0 saturated heterocycles. The predicted molar refractivity (Wildman–Crippen MR) is 54.6 cm³/mol. The molecule has 0 N–H and O–H groups in total. The molecule has 0 bridgehead atoms. The summed E-state index contributed by atoms with van der Waals surface area (Å²) < 4.78 is 33.5. The van der Waals surface area contributed by atoms with Gasteiger partial charge in [-0.25, -0.2) is 0 Å². The zero-order valence-electron chi connectivity index (χ0n) is 7.57. The van der Waals surface area contributed by atoms with E-state index < -0.39 is 15.5 Å². The fourth-order valence-electron chi connectivity index (χ4n) is 1.10. The Kier molecular flexibility index (Phi) is 3.50. The van der Waals surface area contributed by atoms with Crippen molar-refractivity contribution in [2.24, 2.45) is 0 Å². The third-order valence-corrected chi connectivity index (χ3v) is 3.26. The van der Waals surface area contributed by atoms with Crippen molar-refractivity contribution in [3.8, 4) is 0 Å². The summed E-state index contributed by atoms with van der Waals surface area (Å²) in [5.41, 5.74) is 0.714. The Labute approximate surface area is 87.9 Å². The van der Waals surface area contributed by atoms with Crippen LogP contribution >= 0.6 is 11.6 Å². The molecule has 1 rings (SSSR count). The number of benzene rings is 1. The molecule has 78 valence electrons. The Bertz CT molecular complexity index is 417. The second-order valence-electron chi connectivity index (χ2n) is 3.12. The fourth-order valence-corrected chi connectivity index (χ4v) is 1.70. The van der Waals surface area contributed by atoms with Crippen molar-refractivity contribution < 1.29 is 12.3 Å². The zero-order valence-corrected chi connectivity index (χ0v) is 9.15. The molecular weight excluding hydrogens is 227 g/mol. The molecule has 14 heavy (non-hydrogen) atoms. The minimum absolute atomic E-state index is 0.138. The van der Waals surface area contributed by atoms with Crippen LogP contribution in [0.3, 0.4) is 0 Å². The summed E-state index contributed by atoms with van der Waals surface area (Å²) in [7, 11) is -4.46. The van der Waals surface area contributed by atoms with E-state index in [1.807, 2.05) is 0 Å². The number of hydrogen-bond acceptors (Lipinski definition) is 2. The molecular formula is C9H10ClFO2S. The summed E-state index contributed by atoms with van der Waals surface area (Å²) in [5, 5.41) is -0.507. The van der Waals surface area contributed by atoms with Gasteiger partial charge in [-0.05, 0) is 31.0 Å². The highest BCUT2D eigenvalue weighted by atomic mass is 35.5. The topological polar surface area (TPSA) is 34.1 Å². The summed E-state index contributed by atoms with van der Waals surface area (Å²) in [4.78, 5) is 0. The molecule has 0 aliphatic rings. The molecule has 1 atom stereocenters. The maximum absolute atomic E-state index is 12.5. The Morgan fingerprint density at radius 3 is 2.64 bits per heavy atom. The lowest BCUT2D eigenvalue weighted by molar-refractivity contribution is 0.537. The monoisotopic (exact) mass is 236 g/mol. The van der Waals surface area contributed by atoms with Gasteiger partial charge in [0.05, 0.1) is 5.25 Å². The van der Waals surface area contributed by atoms with Gasteiger partial charge >= 0.3 is 10.2 Å². The first-order valence-corrected chi connectivity index (χ1v) is 5.90. The van der Waals surface area contributed by atoms with E-state index in [1.165, 1.54) is 6.92 Å². The largest absolute Gasteiger partial charge is 0.305 e.